The lowest BCUT2D eigenvalue weighted by Crippen LogP contribution is -2.28. The highest BCUT2D eigenvalue weighted by molar-refractivity contribution is 5.11. The molecule has 1 saturated carbocycles. The van der Waals surface area contributed by atoms with Gasteiger partial charge in [-0.3, -0.25) is 4.98 Å². The van der Waals surface area contributed by atoms with Crippen LogP contribution in [-0.2, 0) is 6.42 Å². The number of nitrogens with one attached hydrogen (secondary N) is 1. The van der Waals surface area contributed by atoms with E-state index in [0.29, 0.717) is 6.04 Å². The van der Waals surface area contributed by atoms with Crippen LogP contribution in [0.2, 0.25) is 0 Å². The van der Waals surface area contributed by atoms with Crippen LogP contribution in [0.5, 0.6) is 0 Å². The van der Waals surface area contributed by atoms with Gasteiger partial charge in [0.2, 0.25) is 0 Å². The Morgan fingerprint density at radius 1 is 1.43 bits per heavy atom. The van der Waals surface area contributed by atoms with E-state index in [9.17, 15) is 0 Å². The summed E-state index contributed by atoms with van der Waals surface area (Å²) in [5.74, 6) is 0.995. The molecule has 0 spiro atoms. The van der Waals surface area contributed by atoms with Gasteiger partial charge >= 0.3 is 0 Å². The minimum Gasteiger partial charge on any atom is -0.317 e. The largest absolute Gasteiger partial charge is 0.317 e. The Hall–Kier alpha value is -0.890. The molecule has 1 atom stereocenters. The fourth-order valence-corrected chi connectivity index (χ4v) is 1.86. The Balaban J connectivity index is 1.87. The van der Waals surface area contributed by atoms with E-state index in [-0.39, 0.29) is 0 Å². The van der Waals surface area contributed by atoms with Crippen LogP contribution >= 0.6 is 0 Å². The first kappa shape index (κ1) is 9.66. The molecule has 1 aromatic heterocycles. The van der Waals surface area contributed by atoms with Gasteiger partial charge in [0.25, 0.3) is 0 Å². The zero-order valence-corrected chi connectivity index (χ0v) is 8.74. The first-order valence-electron chi connectivity index (χ1n) is 5.44. The summed E-state index contributed by atoms with van der Waals surface area (Å²) in [6.07, 6.45) is 9.09. The Morgan fingerprint density at radius 2 is 2.14 bits per heavy atom. The van der Waals surface area contributed by atoms with Gasteiger partial charge in [-0.05, 0) is 43.5 Å². The molecular formula is C12H18N2. The molecular weight excluding hydrogens is 172 g/mol. The first-order valence-corrected chi connectivity index (χ1v) is 5.44. The van der Waals surface area contributed by atoms with Crippen LogP contribution in [-0.4, -0.2) is 18.1 Å². The highest BCUT2D eigenvalue weighted by Crippen LogP contribution is 2.33. The molecule has 1 aliphatic rings. The SMILES string of the molecule is CNC(Cc1ccncc1)CC1CC1. The average Bonchev–Trinajstić information content (AvgIpc) is 3.02. The Labute approximate surface area is 85.7 Å². The molecule has 1 aliphatic carbocycles. The predicted octanol–water partition coefficient (Wildman–Crippen LogP) is 2.01. The van der Waals surface area contributed by atoms with Crippen molar-refractivity contribution in [1.82, 2.24) is 10.3 Å². The molecule has 0 saturated heterocycles. The monoisotopic (exact) mass is 190 g/mol. The van der Waals surface area contributed by atoms with E-state index in [0.717, 1.165) is 12.3 Å². The van der Waals surface area contributed by atoms with Gasteiger partial charge in [-0.2, -0.15) is 0 Å². The van der Waals surface area contributed by atoms with Crippen LogP contribution in [0.15, 0.2) is 24.5 Å². The second-order valence-corrected chi connectivity index (χ2v) is 4.22. The van der Waals surface area contributed by atoms with Gasteiger partial charge in [-0.1, -0.05) is 12.8 Å². The molecule has 1 fully saturated rings. The zero-order valence-electron chi connectivity index (χ0n) is 8.74. The summed E-state index contributed by atoms with van der Waals surface area (Å²) in [6, 6.07) is 4.86. The number of hydrogen-bond acceptors (Lipinski definition) is 2. The van der Waals surface area contributed by atoms with Crippen LogP contribution in [0.25, 0.3) is 0 Å². The van der Waals surface area contributed by atoms with E-state index < -0.39 is 0 Å². The van der Waals surface area contributed by atoms with Crippen LogP contribution < -0.4 is 5.32 Å². The van der Waals surface area contributed by atoms with Crippen molar-refractivity contribution in [3.05, 3.63) is 30.1 Å². The third kappa shape index (κ3) is 2.81. The normalized spacial score (nSPS) is 18.1. The number of hydrogen-bond donors (Lipinski definition) is 1. The number of aromatic nitrogens is 1. The van der Waals surface area contributed by atoms with Crippen molar-refractivity contribution in [2.75, 3.05) is 7.05 Å². The molecule has 1 heterocycles. The van der Waals surface area contributed by atoms with Crippen molar-refractivity contribution < 1.29 is 0 Å². The van der Waals surface area contributed by atoms with Crippen molar-refractivity contribution in [1.29, 1.82) is 0 Å². The molecule has 1 unspecified atom stereocenters. The topological polar surface area (TPSA) is 24.9 Å². The number of pyridine rings is 1. The van der Waals surface area contributed by atoms with Gasteiger partial charge in [0, 0.05) is 18.4 Å². The second-order valence-electron chi connectivity index (χ2n) is 4.22. The summed E-state index contributed by atoms with van der Waals surface area (Å²) in [7, 11) is 2.06. The maximum atomic E-state index is 4.03. The fourth-order valence-electron chi connectivity index (χ4n) is 1.86. The molecule has 1 aromatic rings. The summed E-state index contributed by atoms with van der Waals surface area (Å²) < 4.78 is 0. The third-order valence-electron chi connectivity index (χ3n) is 2.95. The second kappa shape index (κ2) is 4.56. The molecule has 0 aliphatic heterocycles. The predicted molar refractivity (Wildman–Crippen MR) is 58.1 cm³/mol. The van der Waals surface area contributed by atoms with Gasteiger partial charge in [0.05, 0.1) is 0 Å². The Kier molecular flexibility index (Phi) is 3.14. The zero-order chi connectivity index (χ0) is 9.80. The van der Waals surface area contributed by atoms with Crippen molar-refractivity contribution >= 4 is 0 Å². The minimum atomic E-state index is 0.643. The summed E-state index contributed by atoms with van der Waals surface area (Å²) >= 11 is 0. The van der Waals surface area contributed by atoms with Gasteiger partial charge in [-0.25, -0.2) is 0 Å². The van der Waals surface area contributed by atoms with Gasteiger partial charge in [0.15, 0.2) is 0 Å². The van der Waals surface area contributed by atoms with Crippen molar-refractivity contribution in [2.45, 2.75) is 31.7 Å². The lowest BCUT2D eigenvalue weighted by Gasteiger charge is -2.15. The molecule has 1 N–H and O–H groups in total. The maximum absolute atomic E-state index is 4.03. The van der Waals surface area contributed by atoms with Crippen LogP contribution in [0.3, 0.4) is 0 Å². The van der Waals surface area contributed by atoms with Crippen LogP contribution in [0.1, 0.15) is 24.8 Å². The lowest BCUT2D eigenvalue weighted by atomic mass is 10.0. The summed E-state index contributed by atoms with van der Waals surface area (Å²) in [6.45, 7) is 0. The summed E-state index contributed by atoms with van der Waals surface area (Å²) in [5.41, 5.74) is 1.39. The standard InChI is InChI=1S/C12H18N2/c1-13-12(8-10-2-3-10)9-11-4-6-14-7-5-11/h4-7,10,12-13H,2-3,8-9H2,1H3. The fraction of sp³-hybridized carbons (Fsp3) is 0.583. The molecule has 0 radical (unpaired) electrons. The van der Waals surface area contributed by atoms with Gasteiger partial charge in [0.1, 0.15) is 0 Å². The molecule has 0 aromatic carbocycles. The van der Waals surface area contributed by atoms with E-state index in [1.165, 1.54) is 24.8 Å². The molecule has 14 heavy (non-hydrogen) atoms. The molecule has 76 valence electrons. The Morgan fingerprint density at radius 3 is 2.71 bits per heavy atom. The first-order chi connectivity index (χ1) is 6.88. The number of nitrogens with zero attached hydrogens (tertiary/aromatic N) is 1. The van der Waals surface area contributed by atoms with E-state index in [1.54, 1.807) is 0 Å². The van der Waals surface area contributed by atoms with Gasteiger partial charge < -0.3 is 5.32 Å². The highest BCUT2D eigenvalue weighted by Gasteiger charge is 2.24. The molecule has 0 bridgehead atoms. The highest BCUT2D eigenvalue weighted by atomic mass is 14.9. The average molecular weight is 190 g/mol. The van der Waals surface area contributed by atoms with Crippen molar-refractivity contribution in [3.63, 3.8) is 0 Å². The molecule has 2 heteroatoms. The molecule has 2 rings (SSSR count). The third-order valence-corrected chi connectivity index (χ3v) is 2.95. The minimum absolute atomic E-state index is 0.643. The summed E-state index contributed by atoms with van der Waals surface area (Å²) in [4.78, 5) is 4.03. The quantitative estimate of drug-likeness (QED) is 0.768. The Bertz CT molecular complexity index is 267. The van der Waals surface area contributed by atoms with E-state index in [2.05, 4.69) is 29.5 Å². The number of rotatable bonds is 5. The van der Waals surface area contributed by atoms with E-state index in [1.807, 2.05) is 12.4 Å². The number of likely N-dealkylation sites (N-methyl/N-ethyl adjacent to an activating group) is 1. The lowest BCUT2D eigenvalue weighted by molar-refractivity contribution is 0.490. The van der Waals surface area contributed by atoms with E-state index >= 15 is 0 Å². The summed E-state index contributed by atoms with van der Waals surface area (Å²) in [5, 5.41) is 3.40. The molecule has 2 nitrogen and oxygen atoms in total. The van der Waals surface area contributed by atoms with Crippen LogP contribution in [0.4, 0.5) is 0 Å². The maximum Gasteiger partial charge on any atom is 0.0270 e. The van der Waals surface area contributed by atoms with Gasteiger partial charge in [-0.15, -0.1) is 0 Å². The molecule has 0 amide bonds. The van der Waals surface area contributed by atoms with Crippen molar-refractivity contribution in [2.24, 2.45) is 5.92 Å². The van der Waals surface area contributed by atoms with E-state index in [4.69, 9.17) is 0 Å². The smallest absolute Gasteiger partial charge is 0.0270 e. The van der Waals surface area contributed by atoms with Crippen LogP contribution in [0, 0.1) is 5.92 Å². The van der Waals surface area contributed by atoms with Crippen molar-refractivity contribution in [3.8, 4) is 0 Å².